The fourth-order valence-electron chi connectivity index (χ4n) is 2.85. The molecule has 1 N–H and O–H groups in total. The van der Waals surface area contributed by atoms with Crippen LogP contribution in [0.4, 0.5) is 5.69 Å². The average Bonchev–Trinajstić information content (AvgIpc) is 3.10. The summed E-state index contributed by atoms with van der Waals surface area (Å²) in [4.78, 5) is 12.4. The maximum absolute atomic E-state index is 12.4. The van der Waals surface area contributed by atoms with E-state index in [0.29, 0.717) is 28.3 Å². The molecule has 6 nitrogen and oxygen atoms in total. The molecule has 3 rings (SSSR count). The van der Waals surface area contributed by atoms with Crippen molar-refractivity contribution in [2.45, 2.75) is 39.1 Å². The predicted octanol–water partition coefficient (Wildman–Crippen LogP) is 4.88. The van der Waals surface area contributed by atoms with Gasteiger partial charge in [-0.1, -0.05) is 41.6 Å². The molecule has 1 amide bonds. The highest BCUT2D eigenvalue weighted by atomic mass is 35.5. The number of amides is 1. The Morgan fingerprint density at radius 1 is 1.14 bits per heavy atom. The number of thioether (sulfide) groups is 1. The Balaban J connectivity index is 1.59. The van der Waals surface area contributed by atoms with Crippen molar-refractivity contribution >= 4 is 35.0 Å². The molecular weight excluding hydrogens is 408 g/mol. The van der Waals surface area contributed by atoms with E-state index in [2.05, 4.69) is 15.5 Å². The van der Waals surface area contributed by atoms with E-state index in [-0.39, 0.29) is 18.3 Å². The minimum atomic E-state index is -0.0722. The molecule has 8 heteroatoms. The number of benzene rings is 2. The summed E-state index contributed by atoms with van der Waals surface area (Å²) in [6, 6.07) is 13.1. The van der Waals surface area contributed by atoms with Crippen LogP contribution in [0.25, 0.3) is 0 Å². The van der Waals surface area contributed by atoms with Crippen molar-refractivity contribution in [3.8, 4) is 5.75 Å². The van der Waals surface area contributed by atoms with Gasteiger partial charge < -0.3 is 14.6 Å². The summed E-state index contributed by atoms with van der Waals surface area (Å²) >= 11 is 7.25. The van der Waals surface area contributed by atoms with Crippen LogP contribution in [-0.2, 0) is 17.9 Å². The largest absolute Gasteiger partial charge is 0.486 e. The summed E-state index contributed by atoms with van der Waals surface area (Å²) in [5, 5.41) is 12.8. The van der Waals surface area contributed by atoms with Gasteiger partial charge in [0.1, 0.15) is 12.4 Å². The lowest BCUT2D eigenvalue weighted by molar-refractivity contribution is -0.113. The van der Waals surface area contributed by atoms with Gasteiger partial charge in [-0.25, -0.2) is 0 Å². The van der Waals surface area contributed by atoms with Crippen molar-refractivity contribution in [3.05, 3.63) is 64.4 Å². The van der Waals surface area contributed by atoms with Gasteiger partial charge >= 0.3 is 0 Å². The van der Waals surface area contributed by atoms with Crippen molar-refractivity contribution in [2.75, 3.05) is 11.1 Å². The molecular formula is C21H23ClN4O2S. The highest BCUT2D eigenvalue weighted by Crippen LogP contribution is 2.22. The molecule has 0 unspecified atom stereocenters. The molecule has 2 aromatic carbocycles. The number of nitrogens with zero attached hydrogens (tertiary/aromatic N) is 3. The van der Waals surface area contributed by atoms with E-state index < -0.39 is 0 Å². The van der Waals surface area contributed by atoms with Gasteiger partial charge in [-0.15, -0.1) is 10.2 Å². The molecule has 3 aromatic rings. The second-order valence-electron chi connectivity index (χ2n) is 6.49. The first kappa shape index (κ1) is 21.2. The molecule has 0 saturated heterocycles. The third kappa shape index (κ3) is 5.52. The topological polar surface area (TPSA) is 69.0 Å². The number of aromatic nitrogens is 3. The van der Waals surface area contributed by atoms with Gasteiger partial charge in [-0.2, -0.15) is 0 Å². The zero-order valence-electron chi connectivity index (χ0n) is 16.6. The number of carbonyl (C=O) groups excluding carboxylic acids is 1. The summed E-state index contributed by atoms with van der Waals surface area (Å²) in [7, 11) is 0. The van der Waals surface area contributed by atoms with E-state index in [9.17, 15) is 4.79 Å². The Morgan fingerprint density at radius 2 is 1.83 bits per heavy atom. The smallest absolute Gasteiger partial charge is 0.234 e. The molecule has 29 heavy (non-hydrogen) atoms. The van der Waals surface area contributed by atoms with Crippen LogP contribution in [0.5, 0.6) is 5.75 Å². The lowest BCUT2D eigenvalue weighted by atomic mass is 10.1. The summed E-state index contributed by atoms with van der Waals surface area (Å²) in [5.41, 5.74) is 2.95. The zero-order valence-corrected chi connectivity index (χ0v) is 18.2. The predicted molar refractivity (Wildman–Crippen MR) is 117 cm³/mol. The lowest BCUT2D eigenvalue weighted by Gasteiger charge is -2.11. The van der Waals surface area contributed by atoms with E-state index in [1.807, 2.05) is 55.7 Å². The third-order valence-corrected chi connectivity index (χ3v) is 5.59. The number of rotatable bonds is 8. The van der Waals surface area contributed by atoms with Crippen molar-refractivity contribution in [3.63, 3.8) is 0 Å². The molecule has 0 bridgehead atoms. The number of hydrogen-bond donors (Lipinski definition) is 1. The number of carbonyl (C=O) groups is 1. The Bertz CT molecular complexity index is 969. The minimum absolute atomic E-state index is 0.0722. The van der Waals surface area contributed by atoms with E-state index in [1.54, 1.807) is 12.1 Å². The molecule has 0 spiro atoms. The summed E-state index contributed by atoms with van der Waals surface area (Å²) in [6.07, 6.45) is 0. The SMILES string of the molecule is CCn1c(COc2ccc(Cl)cc2)nnc1SCC(=O)Nc1c(C)cccc1C. The van der Waals surface area contributed by atoms with E-state index in [4.69, 9.17) is 16.3 Å². The Kier molecular flexibility index (Phi) is 7.17. The molecule has 0 fully saturated rings. The molecule has 0 aliphatic carbocycles. The third-order valence-electron chi connectivity index (χ3n) is 4.37. The molecule has 0 saturated carbocycles. The van der Waals surface area contributed by atoms with E-state index in [1.165, 1.54) is 11.8 Å². The molecule has 0 aliphatic rings. The normalized spacial score (nSPS) is 10.8. The standard InChI is InChI=1S/C21H23ClN4O2S/c1-4-26-18(12-28-17-10-8-16(22)9-11-17)24-25-21(26)29-13-19(27)23-20-14(2)6-5-7-15(20)3/h5-11H,4,12-13H2,1-3H3,(H,23,27). The van der Waals surface area contributed by atoms with E-state index >= 15 is 0 Å². The van der Waals surface area contributed by atoms with Crippen LogP contribution in [0, 0.1) is 13.8 Å². The maximum atomic E-state index is 12.4. The number of halogens is 1. The first-order chi connectivity index (χ1) is 14.0. The van der Waals surface area contributed by atoms with Gasteiger partial charge in [0.05, 0.1) is 5.75 Å². The second kappa shape index (κ2) is 9.80. The van der Waals surface area contributed by atoms with Crippen molar-refractivity contribution in [2.24, 2.45) is 0 Å². The van der Waals surface area contributed by atoms with Gasteiger partial charge in [0.15, 0.2) is 11.0 Å². The van der Waals surface area contributed by atoms with Gasteiger partial charge in [-0.05, 0) is 56.2 Å². The molecule has 0 atom stereocenters. The Labute approximate surface area is 179 Å². The molecule has 152 valence electrons. The number of ether oxygens (including phenoxy) is 1. The van der Waals surface area contributed by atoms with Crippen LogP contribution in [0.2, 0.25) is 5.02 Å². The first-order valence-electron chi connectivity index (χ1n) is 9.27. The maximum Gasteiger partial charge on any atom is 0.234 e. The number of aryl methyl sites for hydroxylation is 2. The van der Waals surface area contributed by atoms with Crippen LogP contribution >= 0.6 is 23.4 Å². The summed E-state index contributed by atoms with van der Waals surface area (Å²) < 4.78 is 7.71. The monoisotopic (exact) mass is 430 g/mol. The van der Waals surface area contributed by atoms with Gasteiger partial charge in [0.2, 0.25) is 5.91 Å². The number of nitrogens with one attached hydrogen (secondary N) is 1. The lowest BCUT2D eigenvalue weighted by Crippen LogP contribution is -2.16. The highest BCUT2D eigenvalue weighted by Gasteiger charge is 2.14. The quantitative estimate of drug-likeness (QED) is 0.516. The van der Waals surface area contributed by atoms with Crippen molar-refractivity contribution < 1.29 is 9.53 Å². The number of hydrogen-bond acceptors (Lipinski definition) is 5. The fourth-order valence-corrected chi connectivity index (χ4v) is 3.79. The van der Waals surface area contributed by atoms with Crippen LogP contribution < -0.4 is 10.1 Å². The van der Waals surface area contributed by atoms with Crippen LogP contribution in [0.3, 0.4) is 0 Å². The molecule has 0 radical (unpaired) electrons. The highest BCUT2D eigenvalue weighted by molar-refractivity contribution is 7.99. The fraction of sp³-hybridized carbons (Fsp3) is 0.286. The van der Waals surface area contributed by atoms with Crippen LogP contribution in [-0.4, -0.2) is 26.4 Å². The Hall–Kier alpha value is -2.51. The molecule has 1 aromatic heterocycles. The number of para-hydroxylation sites is 1. The van der Waals surface area contributed by atoms with Gasteiger partial charge in [-0.3, -0.25) is 4.79 Å². The summed E-state index contributed by atoms with van der Waals surface area (Å²) in [5.74, 6) is 1.60. The van der Waals surface area contributed by atoms with E-state index in [0.717, 1.165) is 16.8 Å². The summed E-state index contributed by atoms with van der Waals surface area (Å²) in [6.45, 7) is 6.95. The Morgan fingerprint density at radius 3 is 2.48 bits per heavy atom. The second-order valence-corrected chi connectivity index (χ2v) is 7.87. The zero-order chi connectivity index (χ0) is 20.8. The molecule has 0 aliphatic heterocycles. The number of anilines is 1. The van der Waals surface area contributed by atoms with Crippen LogP contribution in [0.15, 0.2) is 47.6 Å². The minimum Gasteiger partial charge on any atom is -0.486 e. The first-order valence-corrected chi connectivity index (χ1v) is 10.6. The van der Waals surface area contributed by atoms with Crippen LogP contribution in [0.1, 0.15) is 23.9 Å². The van der Waals surface area contributed by atoms with Crippen molar-refractivity contribution in [1.29, 1.82) is 0 Å². The molecule has 1 heterocycles. The van der Waals surface area contributed by atoms with Crippen molar-refractivity contribution in [1.82, 2.24) is 14.8 Å². The van der Waals surface area contributed by atoms with Gasteiger partial charge in [0, 0.05) is 17.3 Å². The average molecular weight is 431 g/mol. The van der Waals surface area contributed by atoms with Gasteiger partial charge in [0.25, 0.3) is 0 Å².